The summed E-state index contributed by atoms with van der Waals surface area (Å²) in [4.78, 5) is 3.82. The van der Waals surface area contributed by atoms with Crippen molar-refractivity contribution in [1.29, 1.82) is 0 Å². The van der Waals surface area contributed by atoms with Crippen LogP contribution in [0.3, 0.4) is 0 Å². The fraction of sp³-hybridized carbons (Fsp3) is 0.444. The summed E-state index contributed by atoms with van der Waals surface area (Å²) in [7, 11) is 0. The summed E-state index contributed by atoms with van der Waals surface area (Å²) < 4.78 is 0. The predicted octanol–water partition coefficient (Wildman–Crippen LogP) is -0.593. The molecule has 0 bridgehead atoms. The monoisotopic (exact) mass is 197 g/mol. The number of rotatable bonds is 4. The van der Waals surface area contributed by atoms with Crippen LogP contribution in [0.5, 0.6) is 0 Å². The maximum atomic E-state index is 9.62. The predicted molar refractivity (Wildman–Crippen MR) is 53.3 cm³/mol. The number of aliphatic hydroxyl groups excluding tert-OH is 2. The number of nitrogen functional groups attached to an aromatic ring is 1. The van der Waals surface area contributed by atoms with Gasteiger partial charge in [-0.25, -0.2) is 4.98 Å². The van der Waals surface area contributed by atoms with Gasteiger partial charge in [0.15, 0.2) is 0 Å². The van der Waals surface area contributed by atoms with Crippen LogP contribution in [0.2, 0.25) is 0 Å². The topological polar surface area (TPSA) is 105 Å². The van der Waals surface area contributed by atoms with E-state index in [2.05, 4.69) is 4.98 Å². The molecule has 1 rings (SSSR count). The molecule has 0 saturated carbocycles. The van der Waals surface area contributed by atoms with Gasteiger partial charge in [-0.3, -0.25) is 0 Å². The third-order valence-electron chi connectivity index (χ3n) is 1.98. The molecule has 2 atom stereocenters. The van der Waals surface area contributed by atoms with E-state index in [0.717, 1.165) is 0 Å². The molecule has 0 saturated heterocycles. The molecule has 5 heteroatoms. The Balaban J connectivity index is 2.68. The summed E-state index contributed by atoms with van der Waals surface area (Å²) in [6.45, 7) is 0.334. The lowest BCUT2D eigenvalue weighted by molar-refractivity contribution is 0.0148. The molecule has 0 aliphatic carbocycles. The van der Waals surface area contributed by atoms with E-state index in [1.165, 1.54) is 6.20 Å². The molecule has 1 aromatic heterocycles. The van der Waals surface area contributed by atoms with Crippen molar-refractivity contribution >= 4 is 5.82 Å². The highest BCUT2D eigenvalue weighted by Gasteiger charge is 2.17. The Kier molecular flexibility index (Phi) is 3.82. The second-order valence-corrected chi connectivity index (χ2v) is 3.11. The molecule has 14 heavy (non-hydrogen) atoms. The van der Waals surface area contributed by atoms with E-state index in [-0.39, 0.29) is 0 Å². The van der Waals surface area contributed by atoms with E-state index < -0.39 is 12.2 Å². The number of nitrogens with zero attached hydrogens (tertiary/aromatic N) is 1. The molecule has 6 N–H and O–H groups in total. The number of hydrogen-bond acceptors (Lipinski definition) is 5. The minimum absolute atomic E-state index is 0.334. The zero-order chi connectivity index (χ0) is 10.6. The Morgan fingerprint density at radius 1 is 1.36 bits per heavy atom. The number of aromatic nitrogens is 1. The van der Waals surface area contributed by atoms with Gasteiger partial charge in [-0.05, 0) is 19.0 Å². The molecule has 78 valence electrons. The lowest BCUT2D eigenvalue weighted by atomic mass is 10.0. The average molecular weight is 197 g/mol. The first kappa shape index (κ1) is 10.9. The maximum absolute atomic E-state index is 9.62. The summed E-state index contributed by atoms with van der Waals surface area (Å²) in [6.07, 6.45) is -0.0114. The van der Waals surface area contributed by atoms with E-state index in [1.807, 2.05) is 0 Å². The summed E-state index contributed by atoms with van der Waals surface area (Å²) in [5.74, 6) is 0.384. The quantitative estimate of drug-likeness (QED) is 0.516. The van der Waals surface area contributed by atoms with Crippen molar-refractivity contribution in [3.8, 4) is 0 Å². The van der Waals surface area contributed by atoms with Crippen LogP contribution < -0.4 is 11.5 Å². The standard InChI is InChI=1S/C9H15N3O2/c10-4-3-7(13)9(14)6-1-2-8(11)12-5-6/h1-2,5,7,9,13-14H,3-4,10H2,(H2,11,12). The van der Waals surface area contributed by atoms with Gasteiger partial charge in [0, 0.05) is 11.8 Å². The Morgan fingerprint density at radius 2 is 2.07 bits per heavy atom. The fourth-order valence-electron chi connectivity index (χ4n) is 1.14. The van der Waals surface area contributed by atoms with Gasteiger partial charge >= 0.3 is 0 Å². The molecular weight excluding hydrogens is 182 g/mol. The first-order valence-corrected chi connectivity index (χ1v) is 4.42. The van der Waals surface area contributed by atoms with E-state index in [0.29, 0.717) is 24.3 Å². The molecule has 5 nitrogen and oxygen atoms in total. The second kappa shape index (κ2) is 4.90. The first-order valence-electron chi connectivity index (χ1n) is 4.42. The van der Waals surface area contributed by atoms with Crippen molar-refractivity contribution in [2.45, 2.75) is 18.6 Å². The molecule has 1 aromatic rings. The minimum Gasteiger partial charge on any atom is -0.390 e. The maximum Gasteiger partial charge on any atom is 0.123 e. The van der Waals surface area contributed by atoms with Gasteiger partial charge in [-0.1, -0.05) is 6.07 Å². The van der Waals surface area contributed by atoms with Gasteiger partial charge in [-0.2, -0.15) is 0 Å². The van der Waals surface area contributed by atoms with E-state index >= 15 is 0 Å². The van der Waals surface area contributed by atoms with Crippen LogP contribution in [0.15, 0.2) is 18.3 Å². The Bertz CT molecular complexity index is 276. The minimum atomic E-state index is -0.952. The number of aliphatic hydroxyl groups is 2. The van der Waals surface area contributed by atoms with E-state index in [1.54, 1.807) is 12.1 Å². The highest BCUT2D eigenvalue weighted by molar-refractivity contribution is 5.30. The second-order valence-electron chi connectivity index (χ2n) is 3.11. The molecule has 0 spiro atoms. The van der Waals surface area contributed by atoms with Crippen LogP contribution in [-0.2, 0) is 0 Å². The fourth-order valence-corrected chi connectivity index (χ4v) is 1.14. The molecule has 0 aliphatic heterocycles. The zero-order valence-corrected chi connectivity index (χ0v) is 7.80. The molecular formula is C9H15N3O2. The Labute approximate surface area is 82.4 Å². The zero-order valence-electron chi connectivity index (χ0n) is 7.80. The van der Waals surface area contributed by atoms with Crippen molar-refractivity contribution < 1.29 is 10.2 Å². The van der Waals surface area contributed by atoms with Crippen molar-refractivity contribution in [2.75, 3.05) is 12.3 Å². The Morgan fingerprint density at radius 3 is 2.57 bits per heavy atom. The van der Waals surface area contributed by atoms with Crippen LogP contribution in [0, 0.1) is 0 Å². The van der Waals surface area contributed by atoms with Crippen LogP contribution >= 0.6 is 0 Å². The molecule has 0 aromatic carbocycles. The first-order chi connectivity index (χ1) is 6.65. The lowest BCUT2D eigenvalue weighted by Crippen LogP contribution is -2.21. The third-order valence-corrected chi connectivity index (χ3v) is 1.98. The van der Waals surface area contributed by atoms with Gasteiger partial charge < -0.3 is 21.7 Å². The number of pyridine rings is 1. The van der Waals surface area contributed by atoms with Gasteiger partial charge in [0.05, 0.1) is 6.10 Å². The SMILES string of the molecule is NCCC(O)C(O)c1ccc(N)nc1. The van der Waals surface area contributed by atoms with Crippen LogP contribution in [0.25, 0.3) is 0 Å². The van der Waals surface area contributed by atoms with Crippen LogP contribution in [-0.4, -0.2) is 27.8 Å². The van der Waals surface area contributed by atoms with Gasteiger partial charge in [-0.15, -0.1) is 0 Å². The molecule has 0 radical (unpaired) electrons. The van der Waals surface area contributed by atoms with Crippen molar-refractivity contribution in [3.63, 3.8) is 0 Å². The highest BCUT2D eigenvalue weighted by atomic mass is 16.3. The van der Waals surface area contributed by atoms with Crippen molar-refractivity contribution in [3.05, 3.63) is 23.9 Å². The number of anilines is 1. The third kappa shape index (κ3) is 2.66. The molecule has 0 amide bonds. The van der Waals surface area contributed by atoms with Crippen molar-refractivity contribution in [2.24, 2.45) is 5.73 Å². The normalized spacial score (nSPS) is 15.1. The summed E-state index contributed by atoms with van der Waals surface area (Å²) >= 11 is 0. The smallest absolute Gasteiger partial charge is 0.123 e. The highest BCUT2D eigenvalue weighted by Crippen LogP contribution is 2.18. The van der Waals surface area contributed by atoms with Crippen LogP contribution in [0.4, 0.5) is 5.82 Å². The molecule has 0 fully saturated rings. The van der Waals surface area contributed by atoms with Gasteiger partial charge in [0.2, 0.25) is 0 Å². The Hall–Kier alpha value is -1.17. The van der Waals surface area contributed by atoms with E-state index in [9.17, 15) is 10.2 Å². The number of nitrogens with two attached hydrogens (primary N) is 2. The summed E-state index contributed by atoms with van der Waals surface area (Å²) in [5.41, 5.74) is 11.2. The van der Waals surface area contributed by atoms with Gasteiger partial charge in [0.25, 0.3) is 0 Å². The average Bonchev–Trinajstić information content (AvgIpc) is 2.18. The van der Waals surface area contributed by atoms with E-state index in [4.69, 9.17) is 11.5 Å². The molecule has 0 aliphatic rings. The van der Waals surface area contributed by atoms with Crippen molar-refractivity contribution in [1.82, 2.24) is 4.98 Å². The van der Waals surface area contributed by atoms with Crippen LogP contribution in [0.1, 0.15) is 18.1 Å². The summed E-state index contributed by atoms with van der Waals surface area (Å²) in [6, 6.07) is 3.21. The lowest BCUT2D eigenvalue weighted by Gasteiger charge is -2.16. The summed E-state index contributed by atoms with van der Waals surface area (Å²) in [5, 5.41) is 19.1. The largest absolute Gasteiger partial charge is 0.390 e. The number of hydrogen-bond donors (Lipinski definition) is 4. The molecule has 2 unspecified atom stereocenters. The molecule has 1 heterocycles. The van der Waals surface area contributed by atoms with Gasteiger partial charge in [0.1, 0.15) is 11.9 Å².